The highest BCUT2D eigenvalue weighted by Gasteiger charge is 2.18. The van der Waals surface area contributed by atoms with Crippen molar-refractivity contribution in [3.63, 3.8) is 0 Å². The highest BCUT2D eigenvalue weighted by Crippen LogP contribution is 2.18. The van der Waals surface area contributed by atoms with Crippen LogP contribution in [-0.2, 0) is 4.74 Å². The van der Waals surface area contributed by atoms with E-state index in [0.29, 0.717) is 5.92 Å². The second kappa shape index (κ2) is 10.4. The molecule has 0 saturated carbocycles. The van der Waals surface area contributed by atoms with Gasteiger partial charge in [0.15, 0.2) is 5.96 Å². The quantitative estimate of drug-likeness (QED) is 0.576. The summed E-state index contributed by atoms with van der Waals surface area (Å²) in [5.74, 6) is 2.22. The van der Waals surface area contributed by atoms with Crippen LogP contribution in [0, 0.1) is 5.92 Å². The van der Waals surface area contributed by atoms with Crippen LogP contribution in [0.1, 0.15) is 32.4 Å². The summed E-state index contributed by atoms with van der Waals surface area (Å²) in [6.07, 6.45) is 0.194. The maximum Gasteiger partial charge on any atom is 0.191 e. The Morgan fingerprint density at radius 3 is 2.65 bits per heavy atom. The molecule has 0 spiro atoms. The fourth-order valence-corrected chi connectivity index (χ4v) is 2.80. The van der Waals surface area contributed by atoms with E-state index in [1.807, 2.05) is 12.1 Å². The number of hydrogen-bond acceptors (Lipinski definition) is 4. The van der Waals surface area contributed by atoms with Crippen LogP contribution >= 0.6 is 0 Å². The van der Waals surface area contributed by atoms with E-state index in [4.69, 9.17) is 9.47 Å². The second-order valence-electron chi connectivity index (χ2n) is 7.35. The molecule has 0 aliphatic carbocycles. The molecule has 1 aliphatic heterocycles. The maximum atomic E-state index is 5.78. The number of nitrogens with one attached hydrogen (secondary N) is 2. The summed E-state index contributed by atoms with van der Waals surface area (Å²) in [6, 6.07) is 8.39. The summed E-state index contributed by atoms with van der Waals surface area (Å²) in [7, 11) is 3.91. The summed E-state index contributed by atoms with van der Waals surface area (Å²) in [5.41, 5.74) is 1.19. The Morgan fingerprint density at radius 2 is 2.04 bits per heavy atom. The Balaban J connectivity index is 1.81. The summed E-state index contributed by atoms with van der Waals surface area (Å²) in [6.45, 7) is 10.6. The first-order valence-corrected chi connectivity index (χ1v) is 9.48. The molecule has 1 heterocycles. The monoisotopic (exact) mass is 362 g/mol. The molecule has 1 saturated heterocycles. The molecule has 1 aromatic carbocycles. The van der Waals surface area contributed by atoms with E-state index in [-0.39, 0.29) is 12.1 Å². The number of guanidine groups is 1. The molecule has 0 amide bonds. The lowest BCUT2D eigenvalue weighted by molar-refractivity contribution is -0.0161. The normalized spacial score (nSPS) is 20.1. The van der Waals surface area contributed by atoms with E-state index < -0.39 is 0 Å². The van der Waals surface area contributed by atoms with Crippen LogP contribution in [0.4, 0.5) is 0 Å². The van der Waals surface area contributed by atoms with Crippen molar-refractivity contribution < 1.29 is 9.47 Å². The predicted molar refractivity (Wildman–Crippen MR) is 107 cm³/mol. The molecule has 2 unspecified atom stereocenters. The highest BCUT2D eigenvalue weighted by atomic mass is 16.5. The lowest BCUT2D eigenvalue weighted by Gasteiger charge is -2.30. The molecule has 1 aromatic rings. The minimum absolute atomic E-state index is 0.148. The van der Waals surface area contributed by atoms with Gasteiger partial charge in [-0.15, -0.1) is 0 Å². The minimum atomic E-state index is 0.148. The molecule has 2 atom stereocenters. The smallest absolute Gasteiger partial charge is 0.191 e. The van der Waals surface area contributed by atoms with Gasteiger partial charge in [0.25, 0.3) is 0 Å². The molecule has 1 aliphatic rings. The van der Waals surface area contributed by atoms with Crippen molar-refractivity contribution in [3.8, 4) is 5.75 Å². The van der Waals surface area contributed by atoms with Gasteiger partial charge in [0.05, 0.1) is 25.4 Å². The first-order valence-electron chi connectivity index (χ1n) is 9.48. The number of ether oxygens (including phenoxy) is 2. The van der Waals surface area contributed by atoms with Crippen LogP contribution in [-0.4, -0.2) is 63.9 Å². The number of morpholine rings is 1. The SMILES string of the molecule is CN=C(NCC1CN(C)CCO1)NC(C)c1ccc(OCC(C)C)cc1. The first kappa shape index (κ1) is 20.5. The van der Waals surface area contributed by atoms with E-state index in [2.05, 4.69) is 60.5 Å². The van der Waals surface area contributed by atoms with Crippen LogP contribution in [0.3, 0.4) is 0 Å². The van der Waals surface area contributed by atoms with Gasteiger partial charge >= 0.3 is 0 Å². The lowest BCUT2D eigenvalue weighted by Crippen LogP contribution is -2.48. The minimum Gasteiger partial charge on any atom is -0.493 e. The van der Waals surface area contributed by atoms with Crippen LogP contribution in [0.5, 0.6) is 5.75 Å². The van der Waals surface area contributed by atoms with Crippen molar-refractivity contribution in [1.29, 1.82) is 0 Å². The lowest BCUT2D eigenvalue weighted by atomic mass is 10.1. The van der Waals surface area contributed by atoms with Crippen LogP contribution in [0.2, 0.25) is 0 Å². The zero-order chi connectivity index (χ0) is 18.9. The van der Waals surface area contributed by atoms with Gasteiger partial charge in [-0.05, 0) is 37.6 Å². The van der Waals surface area contributed by atoms with E-state index in [1.165, 1.54) is 5.56 Å². The fourth-order valence-electron chi connectivity index (χ4n) is 2.80. The Labute approximate surface area is 158 Å². The van der Waals surface area contributed by atoms with E-state index in [9.17, 15) is 0 Å². The molecular formula is C20H34N4O2. The van der Waals surface area contributed by atoms with Crippen LogP contribution in [0.25, 0.3) is 0 Å². The summed E-state index contributed by atoms with van der Waals surface area (Å²) in [5, 5.41) is 6.80. The molecule has 2 N–H and O–H groups in total. The molecule has 26 heavy (non-hydrogen) atoms. The summed E-state index contributed by atoms with van der Waals surface area (Å²) in [4.78, 5) is 6.61. The third-order valence-corrected chi connectivity index (χ3v) is 4.38. The average molecular weight is 363 g/mol. The van der Waals surface area contributed by atoms with Crippen molar-refractivity contribution in [3.05, 3.63) is 29.8 Å². The topological polar surface area (TPSA) is 58.1 Å². The van der Waals surface area contributed by atoms with Crippen LogP contribution in [0.15, 0.2) is 29.3 Å². The van der Waals surface area contributed by atoms with Gasteiger partial charge in [-0.1, -0.05) is 26.0 Å². The van der Waals surface area contributed by atoms with Gasteiger partial charge in [0.2, 0.25) is 0 Å². The second-order valence-corrected chi connectivity index (χ2v) is 7.35. The Morgan fingerprint density at radius 1 is 1.31 bits per heavy atom. The first-order chi connectivity index (χ1) is 12.5. The zero-order valence-corrected chi connectivity index (χ0v) is 16.8. The van der Waals surface area contributed by atoms with Gasteiger partial charge in [0, 0.05) is 26.7 Å². The fraction of sp³-hybridized carbons (Fsp3) is 0.650. The Hall–Kier alpha value is -1.79. The molecule has 0 radical (unpaired) electrons. The predicted octanol–water partition coefficient (Wildman–Crippen LogP) is 2.28. The zero-order valence-electron chi connectivity index (χ0n) is 16.8. The molecule has 2 rings (SSSR count). The van der Waals surface area contributed by atoms with E-state index in [1.54, 1.807) is 7.05 Å². The van der Waals surface area contributed by atoms with E-state index in [0.717, 1.165) is 44.6 Å². The maximum absolute atomic E-state index is 5.78. The van der Waals surface area contributed by atoms with Crippen LogP contribution < -0.4 is 15.4 Å². The van der Waals surface area contributed by atoms with Crippen molar-refractivity contribution in [2.45, 2.75) is 32.9 Å². The van der Waals surface area contributed by atoms with Gasteiger partial charge < -0.3 is 25.0 Å². The average Bonchev–Trinajstić information content (AvgIpc) is 2.63. The Bertz CT molecular complexity index is 559. The van der Waals surface area contributed by atoms with Gasteiger partial charge in [-0.25, -0.2) is 0 Å². The Kier molecular flexibility index (Phi) is 8.19. The number of rotatable bonds is 7. The number of likely N-dealkylation sites (N-methyl/N-ethyl adjacent to an activating group) is 1. The van der Waals surface area contributed by atoms with Gasteiger partial charge in [0.1, 0.15) is 5.75 Å². The number of nitrogens with zero attached hydrogens (tertiary/aromatic N) is 2. The molecule has 6 heteroatoms. The number of benzene rings is 1. The number of aliphatic imine (C=N–C) groups is 1. The standard InChI is InChI=1S/C20H34N4O2/c1-15(2)14-26-18-8-6-17(7-9-18)16(3)23-20(21-4)22-12-19-13-24(5)10-11-25-19/h6-9,15-16,19H,10-14H2,1-5H3,(H2,21,22,23). The largest absolute Gasteiger partial charge is 0.493 e. The molecule has 0 aromatic heterocycles. The third kappa shape index (κ3) is 6.84. The molecule has 0 bridgehead atoms. The van der Waals surface area contributed by atoms with Crippen molar-refractivity contribution in [2.75, 3.05) is 46.9 Å². The summed E-state index contributed by atoms with van der Waals surface area (Å²) < 4.78 is 11.5. The molecule has 146 valence electrons. The third-order valence-electron chi connectivity index (χ3n) is 4.38. The van der Waals surface area contributed by atoms with Gasteiger partial charge in [-0.3, -0.25) is 4.99 Å². The number of hydrogen-bond donors (Lipinski definition) is 2. The molecule has 1 fully saturated rings. The van der Waals surface area contributed by atoms with Crippen molar-refractivity contribution in [1.82, 2.24) is 15.5 Å². The van der Waals surface area contributed by atoms with E-state index >= 15 is 0 Å². The van der Waals surface area contributed by atoms with Gasteiger partial charge in [-0.2, -0.15) is 0 Å². The summed E-state index contributed by atoms with van der Waals surface area (Å²) >= 11 is 0. The van der Waals surface area contributed by atoms with Crippen molar-refractivity contribution in [2.24, 2.45) is 10.9 Å². The van der Waals surface area contributed by atoms with Crippen molar-refractivity contribution >= 4 is 5.96 Å². The highest BCUT2D eigenvalue weighted by molar-refractivity contribution is 5.80. The molecule has 6 nitrogen and oxygen atoms in total. The molecular weight excluding hydrogens is 328 g/mol.